The van der Waals surface area contributed by atoms with Crippen molar-refractivity contribution in [2.45, 2.75) is 18.6 Å². The summed E-state index contributed by atoms with van der Waals surface area (Å²) >= 11 is 2.73. The van der Waals surface area contributed by atoms with Crippen LogP contribution in [0.3, 0.4) is 0 Å². The third-order valence-electron chi connectivity index (χ3n) is 4.60. The molecule has 8 nitrogen and oxygen atoms in total. The van der Waals surface area contributed by atoms with Gasteiger partial charge in [0, 0.05) is 36.0 Å². The molecule has 3 heterocycles. The van der Waals surface area contributed by atoms with E-state index in [1.165, 1.54) is 28.7 Å². The number of hydrogen-bond donors (Lipinski definition) is 1. The van der Waals surface area contributed by atoms with Crippen LogP contribution in [0.4, 0.5) is 5.13 Å². The number of amides is 1. The van der Waals surface area contributed by atoms with Crippen LogP contribution in [0.5, 0.6) is 0 Å². The van der Waals surface area contributed by atoms with E-state index < -0.39 is 0 Å². The number of aryl methyl sites for hydroxylation is 1. The molecular weight excluding hydrogens is 444 g/mol. The van der Waals surface area contributed by atoms with E-state index in [4.69, 9.17) is 4.74 Å². The summed E-state index contributed by atoms with van der Waals surface area (Å²) in [6, 6.07) is 11.9. The van der Waals surface area contributed by atoms with Crippen molar-refractivity contribution in [2.75, 3.05) is 24.8 Å². The lowest BCUT2D eigenvalue weighted by molar-refractivity contribution is -0.113. The second-order valence-electron chi connectivity index (χ2n) is 6.93. The second-order valence-corrected chi connectivity index (χ2v) is 8.73. The van der Waals surface area contributed by atoms with E-state index in [1.807, 2.05) is 53.3 Å². The minimum Gasteiger partial charge on any atom is -0.383 e. The Morgan fingerprint density at radius 1 is 1.12 bits per heavy atom. The zero-order valence-corrected chi connectivity index (χ0v) is 19.3. The van der Waals surface area contributed by atoms with E-state index >= 15 is 0 Å². The van der Waals surface area contributed by atoms with Crippen molar-refractivity contribution in [3.05, 3.63) is 59.7 Å². The van der Waals surface area contributed by atoms with Gasteiger partial charge in [-0.05, 0) is 19.1 Å². The highest BCUT2D eigenvalue weighted by Gasteiger charge is 2.16. The number of carbonyl (C=O) groups excluding carboxylic acids is 1. The molecule has 0 unspecified atom stereocenters. The largest absolute Gasteiger partial charge is 0.383 e. The van der Waals surface area contributed by atoms with Crippen molar-refractivity contribution in [3.63, 3.8) is 0 Å². The fourth-order valence-electron chi connectivity index (χ4n) is 2.97. The number of anilines is 1. The van der Waals surface area contributed by atoms with Crippen LogP contribution in [-0.2, 0) is 16.1 Å². The second kappa shape index (κ2) is 10.5. The Labute approximate surface area is 194 Å². The van der Waals surface area contributed by atoms with Gasteiger partial charge in [-0.15, -0.1) is 21.5 Å². The topological polar surface area (TPSA) is 94.8 Å². The summed E-state index contributed by atoms with van der Waals surface area (Å²) in [5, 5.41) is 14.6. The van der Waals surface area contributed by atoms with Crippen LogP contribution in [0.1, 0.15) is 5.56 Å². The standard InChI is InChI=1S/C22H22N6O2S2/c1-15-3-5-16(6-4-15)18-13-31-21(24-18)25-19(29)14-32-22-27-26-20(28(22)11-12-30-2)17-7-9-23-10-8-17/h3-10,13H,11-12,14H2,1-2H3,(H,24,25,29). The molecule has 0 saturated carbocycles. The monoisotopic (exact) mass is 466 g/mol. The first kappa shape index (κ1) is 22.1. The summed E-state index contributed by atoms with van der Waals surface area (Å²) < 4.78 is 7.18. The lowest BCUT2D eigenvalue weighted by Gasteiger charge is -2.09. The number of aromatic nitrogens is 5. The molecule has 4 aromatic rings. The molecule has 0 fully saturated rings. The third-order valence-corrected chi connectivity index (χ3v) is 6.33. The summed E-state index contributed by atoms with van der Waals surface area (Å²) in [5.74, 6) is 0.766. The van der Waals surface area contributed by atoms with E-state index in [-0.39, 0.29) is 11.7 Å². The number of methoxy groups -OCH3 is 1. The van der Waals surface area contributed by atoms with Crippen LogP contribution in [0.25, 0.3) is 22.6 Å². The number of pyridine rings is 1. The molecule has 10 heteroatoms. The number of carbonyl (C=O) groups is 1. The zero-order valence-electron chi connectivity index (χ0n) is 17.7. The first-order valence-electron chi connectivity index (χ1n) is 9.92. The van der Waals surface area contributed by atoms with Gasteiger partial charge in [0.15, 0.2) is 16.1 Å². The van der Waals surface area contributed by atoms with E-state index in [1.54, 1.807) is 19.5 Å². The van der Waals surface area contributed by atoms with Crippen molar-refractivity contribution in [2.24, 2.45) is 0 Å². The van der Waals surface area contributed by atoms with Gasteiger partial charge < -0.3 is 10.1 Å². The average molecular weight is 467 g/mol. The van der Waals surface area contributed by atoms with Crippen LogP contribution in [0.15, 0.2) is 59.3 Å². The van der Waals surface area contributed by atoms with E-state index in [9.17, 15) is 4.79 Å². The summed E-state index contributed by atoms with van der Waals surface area (Å²) in [4.78, 5) is 21.1. The van der Waals surface area contributed by atoms with Crippen LogP contribution in [-0.4, -0.2) is 50.1 Å². The molecule has 0 saturated heterocycles. The van der Waals surface area contributed by atoms with Crippen molar-refractivity contribution in [1.29, 1.82) is 0 Å². The molecule has 0 atom stereocenters. The molecule has 32 heavy (non-hydrogen) atoms. The predicted octanol–water partition coefficient (Wildman–Crippen LogP) is 4.15. The Kier molecular flexibility index (Phi) is 7.25. The third kappa shape index (κ3) is 5.39. The van der Waals surface area contributed by atoms with Crippen LogP contribution in [0.2, 0.25) is 0 Å². The number of hydrogen-bond acceptors (Lipinski definition) is 8. The Hall–Kier alpha value is -3.08. The van der Waals surface area contributed by atoms with Crippen LogP contribution in [0, 0.1) is 6.92 Å². The highest BCUT2D eigenvalue weighted by molar-refractivity contribution is 7.99. The van der Waals surface area contributed by atoms with Crippen molar-refractivity contribution >= 4 is 34.1 Å². The Morgan fingerprint density at radius 3 is 2.66 bits per heavy atom. The number of ether oxygens (including phenoxy) is 1. The maximum absolute atomic E-state index is 12.5. The smallest absolute Gasteiger partial charge is 0.236 e. The van der Waals surface area contributed by atoms with E-state index in [2.05, 4.69) is 25.5 Å². The highest BCUT2D eigenvalue weighted by Crippen LogP contribution is 2.26. The minimum absolute atomic E-state index is 0.147. The molecule has 4 rings (SSSR count). The van der Waals surface area contributed by atoms with Gasteiger partial charge in [0.1, 0.15) is 0 Å². The molecule has 164 valence electrons. The fourth-order valence-corrected chi connectivity index (χ4v) is 4.47. The lowest BCUT2D eigenvalue weighted by atomic mass is 10.1. The maximum atomic E-state index is 12.5. The number of thiazole rings is 1. The van der Waals surface area contributed by atoms with Gasteiger partial charge in [0.05, 0.1) is 24.6 Å². The summed E-state index contributed by atoms with van der Waals surface area (Å²) in [6.45, 7) is 3.14. The van der Waals surface area contributed by atoms with Gasteiger partial charge in [0.25, 0.3) is 0 Å². The van der Waals surface area contributed by atoms with Gasteiger partial charge >= 0.3 is 0 Å². The van der Waals surface area contributed by atoms with Gasteiger partial charge in [-0.1, -0.05) is 41.6 Å². The number of nitrogens with one attached hydrogen (secondary N) is 1. The van der Waals surface area contributed by atoms with Crippen molar-refractivity contribution in [1.82, 2.24) is 24.7 Å². The molecule has 3 aromatic heterocycles. The lowest BCUT2D eigenvalue weighted by Crippen LogP contribution is -2.15. The maximum Gasteiger partial charge on any atom is 0.236 e. The number of nitrogens with zero attached hydrogens (tertiary/aromatic N) is 5. The van der Waals surface area contributed by atoms with Crippen LogP contribution < -0.4 is 5.32 Å². The first-order valence-corrected chi connectivity index (χ1v) is 11.8. The molecule has 0 radical (unpaired) electrons. The van der Waals surface area contributed by atoms with Crippen molar-refractivity contribution < 1.29 is 9.53 Å². The van der Waals surface area contributed by atoms with Gasteiger partial charge in [-0.25, -0.2) is 4.98 Å². The normalized spacial score (nSPS) is 10.9. The summed E-state index contributed by atoms with van der Waals surface area (Å²) in [7, 11) is 1.65. The molecule has 0 aliphatic carbocycles. The first-order chi connectivity index (χ1) is 15.6. The highest BCUT2D eigenvalue weighted by atomic mass is 32.2. The summed E-state index contributed by atoms with van der Waals surface area (Å²) in [6.07, 6.45) is 3.42. The molecule has 0 bridgehead atoms. The zero-order chi connectivity index (χ0) is 22.3. The predicted molar refractivity (Wildman–Crippen MR) is 127 cm³/mol. The Balaban J connectivity index is 1.41. The quantitative estimate of drug-likeness (QED) is 0.370. The average Bonchev–Trinajstić information content (AvgIpc) is 3.44. The van der Waals surface area contributed by atoms with Crippen molar-refractivity contribution in [3.8, 4) is 22.6 Å². The molecule has 0 aliphatic heterocycles. The minimum atomic E-state index is -0.147. The number of benzene rings is 1. The van der Waals surface area contributed by atoms with Gasteiger partial charge in [-0.3, -0.25) is 14.3 Å². The van der Waals surface area contributed by atoms with Crippen LogP contribution >= 0.6 is 23.1 Å². The Bertz CT molecular complexity index is 1170. The van der Waals surface area contributed by atoms with Gasteiger partial charge in [-0.2, -0.15) is 0 Å². The molecule has 1 amide bonds. The SMILES string of the molecule is COCCn1c(SCC(=O)Nc2nc(-c3ccc(C)cc3)cs2)nnc1-c1ccncc1. The molecule has 1 aromatic carbocycles. The van der Waals surface area contributed by atoms with E-state index in [0.29, 0.717) is 23.4 Å². The van der Waals surface area contributed by atoms with Gasteiger partial charge in [0.2, 0.25) is 5.91 Å². The summed E-state index contributed by atoms with van der Waals surface area (Å²) in [5.41, 5.74) is 3.97. The molecule has 1 N–H and O–H groups in total. The number of rotatable bonds is 9. The molecule has 0 spiro atoms. The number of thioether (sulfide) groups is 1. The Morgan fingerprint density at radius 2 is 1.91 bits per heavy atom. The molecular formula is C22H22N6O2S2. The fraction of sp³-hybridized carbons (Fsp3) is 0.227. The van der Waals surface area contributed by atoms with E-state index in [0.717, 1.165) is 22.6 Å². The molecule has 0 aliphatic rings.